The minimum atomic E-state index is -0.888. The van der Waals surface area contributed by atoms with Crippen molar-refractivity contribution >= 4 is 17.9 Å². The molecule has 1 spiro atoms. The molecule has 0 unspecified atom stereocenters. The minimum Gasteiger partial charge on any atom is -0.490 e. The van der Waals surface area contributed by atoms with Crippen LogP contribution >= 0.6 is 0 Å². The number of hydrogen-bond acceptors (Lipinski definition) is 5. The third kappa shape index (κ3) is 4.04. The number of imide groups is 1. The molecule has 0 bridgehead atoms. The molecule has 3 amide bonds. The van der Waals surface area contributed by atoms with E-state index in [0.717, 1.165) is 24.2 Å². The first-order valence-electron chi connectivity index (χ1n) is 9.10. The van der Waals surface area contributed by atoms with Crippen LogP contribution in [0.1, 0.15) is 32.6 Å². The van der Waals surface area contributed by atoms with Gasteiger partial charge in [-0.2, -0.15) is 0 Å². The monoisotopic (exact) mass is 378 g/mol. The molecule has 1 N–H and O–H groups in total. The third-order valence-corrected chi connectivity index (χ3v) is 5.22. The second-order valence-electron chi connectivity index (χ2n) is 6.96. The highest BCUT2D eigenvalue weighted by atomic mass is 19.1. The maximum atomic E-state index is 12.8. The molecule has 2 fully saturated rings. The number of rotatable bonds is 6. The lowest BCUT2D eigenvalue weighted by Crippen LogP contribution is -2.54. The Hall–Kier alpha value is -2.64. The summed E-state index contributed by atoms with van der Waals surface area (Å²) in [4.78, 5) is 37.9. The molecular formula is C19H23FN2O5. The number of hydrogen-bond donors (Lipinski definition) is 1. The predicted molar refractivity (Wildman–Crippen MR) is 93.5 cm³/mol. The average molecular weight is 378 g/mol. The zero-order valence-electron chi connectivity index (χ0n) is 15.2. The molecule has 0 aromatic heterocycles. The van der Waals surface area contributed by atoms with E-state index in [1.165, 1.54) is 24.3 Å². The number of carbonyl (C=O) groups excluding carboxylic acids is 3. The molecule has 1 aliphatic carbocycles. The molecule has 1 saturated carbocycles. The second kappa shape index (κ2) is 7.94. The highest BCUT2D eigenvalue weighted by Crippen LogP contribution is 2.38. The summed E-state index contributed by atoms with van der Waals surface area (Å²) >= 11 is 0. The van der Waals surface area contributed by atoms with E-state index in [2.05, 4.69) is 5.32 Å². The van der Waals surface area contributed by atoms with E-state index in [0.29, 0.717) is 12.2 Å². The Morgan fingerprint density at radius 1 is 1.26 bits per heavy atom. The maximum absolute atomic E-state index is 12.8. The Balaban J connectivity index is 1.47. The molecule has 1 saturated heterocycles. The summed E-state index contributed by atoms with van der Waals surface area (Å²) in [6.45, 7) is 1.57. The van der Waals surface area contributed by atoms with Gasteiger partial charge >= 0.3 is 12.0 Å². The van der Waals surface area contributed by atoms with Crippen LogP contribution in [0.25, 0.3) is 0 Å². The van der Waals surface area contributed by atoms with Crippen LogP contribution in [0.5, 0.6) is 5.75 Å². The number of amides is 3. The quantitative estimate of drug-likeness (QED) is 0.466. The Bertz CT molecular complexity index is 723. The van der Waals surface area contributed by atoms with Crippen LogP contribution < -0.4 is 10.1 Å². The first-order chi connectivity index (χ1) is 12.9. The first kappa shape index (κ1) is 19.1. The van der Waals surface area contributed by atoms with Crippen molar-refractivity contribution < 1.29 is 28.2 Å². The summed E-state index contributed by atoms with van der Waals surface area (Å²) in [6.07, 6.45) is 3.36. The normalized spacial score (nSPS) is 24.8. The Morgan fingerprint density at radius 2 is 2.00 bits per heavy atom. The molecule has 3 rings (SSSR count). The summed E-state index contributed by atoms with van der Waals surface area (Å²) in [7, 11) is 0. The first-order valence-corrected chi connectivity index (χ1v) is 9.10. The number of halogens is 1. The molecule has 8 heteroatoms. The fourth-order valence-corrected chi connectivity index (χ4v) is 3.66. The lowest BCUT2D eigenvalue weighted by molar-refractivity contribution is -0.149. The fourth-order valence-electron chi connectivity index (χ4n) is 3.66. The Morgan fingerprint density at radius 3 is 2.70 bits per heavy atom. The van der Waals surface area contributed by atoms with E-state index < -0.39 is 24.1 Å². The predicted octanol–water partition coefficient (Wildman–Crippen LogP) is 2.25. The molecule has 0 radical (unpaired) electrons. The molecule has 27 heavy (non-hydrogen) atoms. The number of nitrogens with one attached hydrogen (secondary N) is 1. The summed E-state index contributed by atoms with van der Waals surface area (Å²) in [6, 6.07) is 4.92. The molecule has 1 aliphatic heterocycles. The average Bonchev–Trinajstić information content (AvgIpc) is 2.88. The number of urea groups is 1. The van der Waals surface area contributed by atoms with Gasteiger partial charge in [-0.1, -0.05) is 19.8 Å². The van der Waals surface area contributed by atoms with Gasteiger partial charge in [-0.3, -0.25) is 14.5 Å². The van der Waals surface area contributed by atoms with Gasteiger partial charge < -0.3 is 14.8 Å². The smallest absolute Gasteiger partial charge is 0.326 e. The summed E-state index contributed by atoms with van der Waals surface area (Å²) in [5.74, 6) is -0.907. The van der Waals surface area contributed by atoms with Crippen LogP contribution in [0.2, 0.25) is 0 Å². The molecule has 2 atom stereocenters. The SMILES string of the molecule is C[C@@H]1CCCC[C@@]12NC(=O)N(CC(=O)OCCOc1ccc(F)cc1)C2=O. The lowest BCUT2D eigenvalue weighted by Gasteiger charge is -2.36. The molecule has 1 aromatic rings. The number of carbonyl (C=O) groups is 3. The van der Waals surface area contributed by atoms with Gasteiger partial charge in [0.25, 0.3) is 5.91 Å². The van der Waals surface area contributed by atoms with Gasteiger partial charge in [0, 0.05) is 0 Å². The third-order valence-electron chi connectivity index (χ3n) is 5.22. The zero-order valence-corrected chi connectivity index (χ0v) is 15.2. The molecular weight excluding hydrogens is 355 g/mol. The van der Waals surface area contributed by atoms with Gasteiger partial charge in [0.15, 0.2) is 0 Å². The number of esters is 1. The van der Waals surface area contributed by atoms with Gasteiger partial charge in [-0.05, 0) is 43.0 Å². The van der Waals surface area contributed by atoms with Crippen molar-refractivity contribution in [1.82, 2.24) is 10.2 Å². The summed E-state index contributed by atoms with van der Waals surface area (Å²) < 4.78 is 23.2. The standard InChI is InChI=1S/C19H23FN2O5/c1-13-4-2-3-9-19(13)17(24)22(18(25)21-19)12-16(23)27-11-10-26-15-7-5-14(20)6-8-15/h5-8,13H,2-4,9-12H2,1H3,(H,21,25)/t13-,19-/m1/s1. The van der Waals surface area contributed by atoms with Crippen molar-refractivity contribution in [2.45, 2.75) is 38.1 Å². The molecule has 146 valence electrons. The minimum absolute atomic E-state index is 0.0350. The van der Waals surface area contributed by atoms with Crippen molar-refractivity contribution in [2.24, 2.45) is 5.92 Å². The van der Waals surface area contributed by atoms with Gasteiger partial charge in [0.05, 0.1) is 0 Å². The van der Waals surface area contributed by atoms with Crippen LogP contribution in [0, 0.1) is 11.7 Å². The molecule has 2 aliphatic rings. The molecule has 1 heterocycles. The fraction of sp³-hybridized carbons (Fsp3) is 0.526. The van der Waals surface area contributed by atoms with E-state index in [9.17, 15) is 18.8 Å². The van der Waals surface area contributed by atoms with Crippen LogP contribution in [-0.2, 0) is 14.3 Å². The van der Waals surface area contributed by atoms with E-state index in [1.54, 1.807) is 0 Å². The highest BCUT2D eigenvalue weighted by molar-refractivity contribution is 6.08. The van der Waals surface area contributed by atoms with Crippen molar-refractivity contribution in [1.29, 1.82) is 0 Å². The second-order valence-corrected chi connectivity index (χ2v) is 6.96. The van der Waals surface area contributed by atoms with Crippen LogP contribution in [0.3, 0.4) is 0 Å². The summed E-state index contributed by atoms with van der Waals surface area (Å²) in [5, 5.41) is 2.79. The van der Waals surface area contributed by atoms with Gasteiger partial charge in [-0.15, -0.1) is 0 Å². The van der Waals surface area contributed by atoms with Gasteiger partial charge in [0.2, 0.25) is 0 Å². The van der Waals surface area contributed by atoms with E-state index in [-0.39, 0.29) is 30.9 Å². The van der Waals surface area contributed by atoms with Crippen molar-refractivity contribution in [2.75, 3.05) is 19.8 Å². The zero-order chi connectivity index (χ0) is 19.4. The van der Waals surface area contributed by atoms with Crippen molar-refractivity contribution in [3.63, 3.8) is 0 Å². The van der Waals surface area contributed by atoms with Crippen molar-refractivity contribution in [3.8, 4) is 5.75 Å². The van der Waals surface area contributed by atoms with E-state index in [1.807, 2.05) is 6.92 Å². The topological polar surface area (TPSA) is 84.9 Å². The van der Waals surface area contributed by atoms with Gasteiger partial charge in [-0.25, -0.2) is 9.18 Å². The molecule has 7 nitrogen and oxygen atoms in total. The number of nitrogens with zero attached hydrogens (tertiary/aromatic N) is 1. The van der Waals surface area contributed by atoms with Gasteiger partial charge in [0.1, 0.15) is 36.9 Å². The lowest BCUT2D eigenvalue weighted by atomic mass is 9.73. The largest absolute Gasteiger partial charge is 0.490 e. The van der Waals surface area contributed by atoms with Crippen LogP contribution in [0.4, 0.5) is 9.18 Å². The summed E-state index contributed by atoms with van der Waals surface area (Å²) in [5.41, 5.74) is -0.888. The number of benzene rings is 1. The Labute approximate surface area is 156 Å². The Kier molecular flexibility index (Phi) is 5.62. The van der Waals surface area contributed by atoms with Crippen LogP contribution in [0.15, 0.2) is 24.3 Å². The van der Waals surface area contributed by atoms with E-state index >= 15 is 0 Å². The highest BCUT2D eigenvalue weighted by Gasteiger charge is 2.55. The molecule has 1 aromatic carbocycles. The van der Waals surface area contributed by atoms with Crippen molar-refractivity contribution in [3.05, 3.63) is 30.1 Å². The van der Waals surface area contributed by atoms with E-state index in [4.69, 9.17) is 9.47 Å². The van der Waals surface area contributed by atoms with Crippen LogP contribution in [-0.4, -0.2) is 48.1 Å². The maximum Gasteiger partial charge on any atom is 0.326 e. The number of ether oxygens (including phenoxy) is 2.